The van der Waals surface area contributed by atoms with Gasteiger partial charge in [-0.25, -0.2) is 0 Å². The second-order valence-electron chi connectivity index (χ2n) is 7.20. The van der Waals surface area contributed by atoms with Crippen molar-refractivity contribution in [3.63, 3.8) is 0 Å². The van der Waals surface area contributed by atoms with E-state index < -0.39 is 0 Å². The minimum absolute atomic E-state index is 0.0506. The van der Waals surface area contributed by atoms with Crippen LogP contribution in [-0.4, -0.2) is 34.4 Å². The fraction of sp³-hybridized carbons (Fsp3) is 0.261. The van der Waals surface area contributed by atoms with Gasteiger partial charge in [0.05, 0.1) is 11.8 Å². The van der Waals surface area contributed by atoms with E-state index in [1.54, 1.807) is 11.0 Å². The second-order valence-corrected chi connectivity index (χ2v) is 7.20. The molecule has 1 saturated heterocycles. The number of carbonyl (C=O) groups excluding carboxylic acids is 2. The molecule has 0 aliphatic carbocycles. The third-order valence-corrected chi connectivity index (χ3v) is 5.24. The standard InChI is InChI=1S/C23H23N3O3/c27-22(19-9-13-25(14-10-19)23(28)20-11-15-29-17-20)24-21-8-4-5-12-26(21)16-18-6-2-1-3-7-18/h1-8,11-12,15,17,19H,9-10,13-14,16H2. The highest BCUT2D eigenvalue weighted by Gasteiger charge is 2.28. The molecule has 1 aliphatic rings. The van der Waals surface area contributed by atoms with Crippen molar-refractivity contribution in [1.82, 2.24) is 9.47 Å². The summed E-state index contributed by atoms with van der Waals surface area (Å²) in [6.07, 6.45) is 6.13. The molecule has 0 saturated carbocycles. The maximum absolute atomic E-state index is 12.8. The first-order valence-electron chi connectivity index (χ1n) is 9.80. The number of nitrogens with zero attached hydrogens (tertiary/aromatic N) is 3. The number of amides is 2. The van der Waals surface area contributed by atoms with Crippen molar-refractivity contribution in [2.24, 2.45) is 10.9 Å². The molecule has 148 valence electrons. The number of rotatable bonds is 4. The summed E-state index contributed by atoms with van der Waals surface area (Å²) >= 11 is 0. The lowest BCUT2D eigenvalue weighted by Crippen LogP contribution is -2.40. The number of furan rings is 1. The summed E-state index contributed by atoms with van der Waals surface area (Å²) in [5, 5.41) is 0. The largest absolute Gasteiger partial charge is 0.472 e. The third-order valence-electron chi connectivity index (χ3n) is 5.24. The molecule has 0 radical (unpaired) electrons. The van der Waals surface area contributed by atoms with Crippen LogP contribution in [0.4, 0.5) is 0 Å². The number of benzene rings is 1. The van der Waals surface area contributed by atoms with Crippen LogP contribution in [0.3, 0.4) is 0 Å². The summed E-state index contributed by atoms with van der Waals surface area (Å²) in [6, 6.07) is 17.4. The summed E-state index contributed by atoms with van der Waals surface area (Å²) < 4.78 is 6.96. The molecule has 0 bridgehead atoms. The Morgan fingerprint density at radius 2 is 1.76 bits per heavy atom. The first-order chi connectivity index (χ1) is 14.2. The lowest BCUT2D eigenvalue weighted by molar-refractivity contribution is -0.123. The normalized spacial score (nSPS) is 15.4. The quantitative estimate of drug-likeness (QED) is 0.689. The summed E-state index contributed by atoms with van der Waals surface area (Å²) in [5.74, 6) is -0.326. The number of hydrogen-bond acceptors (Lipinski definition) is 3. The van der Waals surface area contributed by atoms with Crippen LogP contribution in [0, 0.1) is 5.92 Å². The lowest BCUT2D eigenvalue weighted by atomic mass is 9.96. The Morgan fingerprint density at radius 1 is 1.00 bits per heavy atom. The molecule has 2 amide bonds. The number of pyridine rings is 1. The van der Waals surface area contributed by atoms with Gasteiger partial charge in [-0.05, 0) is 36.6 Å². The zero-order valence-electron chi connectivity index (χ0n) is 16.1. The van der Waals surface area contributed by atoms with E-state index in [4.69, 9.17) is 4.42 Å². The molecule has 0 spiro atoms. The van der Waals surface area contributed by atoms with E-state index in [9.17, 15) is 9.59 Å². The molecule has 3 heterocycles. The van der Waals surface area contributed by atoms with Crippen LogP contribution in [0.15, 0.2) is 82.7 Å². The number of piperidine rings is 1. The molecule has 0 unspecified atom stereocenters. The van der Waals surface area contributed by atoms with E-state index >= 15 is 0 Å². The molecule has 29 heavy (non-hydrogen) atoms. The van der Waals surface area contributed by atoms with E-state index in [1.807, 2.05) is 47.2 Å². The predicted octanol–water partition coefficient (Wildman–Crippen LogP) is 3.11. The average molecular weight is 389 g/mol. The number of likely N-dealkylation sites (tertiary alicyclic amines) is 1. The Hall–Kier alpha value is -3.41. The minimum atomic E-state index is -0.159. The summed E-state index contributed by atoms with van der Waals surface area (Å²) in [7, 11) is 0. The highest BCUT2D eigenvalue weighted by Crippen LogP contribution is 2.20. The number of hydrogen-bond donors (Lipinski definition) is 0. The Morgan fingerprint density at radius 3 is 2.48 bits per heavy atom. The van der Waals surface area contributed by atoms with E-state index in [2.05, 4.69) is 17.1 Å². The van der Waals surface area contributed by atoms with Gasteiger partial charge in [0.2, 0.25) is 0 Å². The van der Waals surface area contributed by atoms with Crippen molar-refractivity contribution in [3.05, 3.63) is 89.9 Å². The maximum Gasteiger partial charge on any atom is 0.257 e. The maximum atomic E-state index is 12.8. The van der Waals surface area contributed by atoms with Crippen LogP contribution in [-0.2, 0) is 11.3 Å². The topological polar surface area (TPSA) is 67.8 Å². The zero-order valence-corrected chi connectivity index (χ0v) is 16.1. The molecular formula is C23H23N3O3. The average Bonchev–Trinajstić information content (AvgIpc) is 3.30. The van der Waals surface area contributed by atoms with Gasteiger partial charge in [0.1, 0.15) is 11.8 Å². The number of carbonyl (C=O) groups is 2. The minimum Gasteiger partial charge on any atom is -0.472 e. The molecule has 1 aromatic carbocycles. The molecule has 6 nitrogen and oxygen atoms in total. The molecule has 1 fully saturated rings. The van der Waals surface area contributed by atoms with Gasteiger partial charge < -0.3 is 13.9 Å². The van der Waals surface area contributed by atoms with Crippen molar-refractivity contribution < 1.29 is 14.0 Å². The first-order valence-corrected chi connectivity index (χ1v) is 9.80. The molecule has 1 aliphatic heterocycles. The second kappa shape index (κ2) is 8.73. The van der Waals surface area contributed by atoms with Gasteiger partial charge in [-0.1, -0.05) is 36.4 Å². The molecule has 4 rings (SSSR count). The molecule has 0 N–H and O–H groups in total. The third kappa shape index (κ3) is 4.54. The molecule has 3 aromatic rings. The van der Waals surface area contributed by atoms with Crippen LogP contribution in [0.5, 0.6) is 0 Å². The Bertz CT molecular complexity index is 1030. The van der Waals surface area contributed by atoms with Gasteiger partial charge in [0, 0.05) is 31.7 Å². The van der Waals surface area contributed by atoms with Gasteiger partial charge in [-0.2, -0.15) is 4.99 Å². The van der Waals surface area contributed by atoms with E-state index in [0.29, 0.717) is 43.5 Å². The Kier molecular flexibility index (Phi) is 5.70. The van der Waals surface area contributed by atoms with Gasteiger partial charge in [0.25, 0.3) is 11.8 Å². The summed E-state index contributed by atoms with van der Waals surface area (Å²) in [5.41, 5.74) is 2.35. The van der Waals surface area contributed by atoms with Crippen LogP contribution < -0.4 is 5.49 Å². The lowest BCUT2D eigenvalue weighted by Gasteiger charge is -2.30. The van der Waals surface area contributed by atoms with E-state index in [-0.39, 0.29) is 17.7 Å². The monoisotopic (exact) mass is 389 g/mol. The Balaban J connectivity index is 1.43. The van der Waals surface area contributed by atoms with Gasteiger partial charge in [0.15, 0.2) is 0 Å². The van der Waals surface area contributed by atoms with Crippen molar-refractivity contribution in [2.45, 2.75) is 19.4 Å². The van der Waals surface area contributed by atoms with Crippen molar-refractivity contribution in [1.29, 1.82) is 0 Å². The molecule has 2 aromatic heterocycles. The van der Waals surface area contributed by atoms with E-state index in [1.165, 1.54) is 12.5 Å². The Labute approximate surface area is 169 Å². The van der Waals surface area contributed by atoms with Crippen molar-refractivity contribution >= 4 is 11.8 Å². The summed E-state index contributed by atoms with van der Waals surface area (Å²) in [4.78, 5) is 31.4. The van der Waals surface area contributed by atoms with Crippen LogP contribution in [0.1, 0.15) is 28.8 Å². The van der Waals surface area contributed by atoms with Crippen molar-refractivity contribution in [2.75, 3.05) is 13.1 Å². The zero-order chi connectivity index (χ0) is 20.1. The fourth-order valence-corrected chi connectivity index (χ4v) is 3.59. The predicted molar refractivity (Wildman–Crippen MR) is 108 cm³/mol. The highest BCUT2D eigenvalue weighted by molar-refractivity contribution is 5.94. The molecule has 0 atom stereocenters. The van der Waals surface area contributed by atoms with Crippen LogP contribution in [0.2, 0.25) is 0 Å². The molecule has 6 heteroatoms. The smallest absolute Gasteiger partial charge is 0.257 e. The van der Waals surface area contributed by atoms with Crippen LogP contribution >= 0.6 is 0 Å². The van der Waals surface area contributed by atoms with Gasteiger partial charge in [-0.3, -0.25) is 9.59 Å². The van der Waals surface area contributed by atoms with Gasteiger partial charge >= 0.3 is 0 Å². The SMILES string of the molecule is O=C(N=c1ccccn1Cc1ccccc1)C1CCN(C(=O)c2ccoc2)CC1. The first kappa shape index (κ1) is 18.9. The van der Waals surface area contributed by atoms with E-state index in [0.717, 1.165) is 5.56 Å². The van der Waals surface area contributed by atoms with Crippen molar-refractivity contribution in [3.8, 4) is 0 Å². The van der Waals surface area contributed by atoms with Crippen LogP contribution in [0.25, 0.3) is 0 Å². The summed E-state index contributed by atoms with van der Waals surface area (Å²) in [6.45, 7) is 1.76. The highest BCUT2D eigenvalue weighted by atomic mass is 16.3. The van der Waals surface area contributed by atoms with Gasteiger partial charge in [-0.15, -0.1) is 0 Å². The fourth-order valence-electron chi connectivity index (χ4n) is 3.59. The molecular weight excluding hydrogens is 366 g/mol. The number of aromatic nitrogens is 1.